The minimum atomic E-state index is -2.93. The van der Waals surface area contributed by atoms with Crippen LogP contribution in [0.5, 0.6) is 11.5 Å². The Balaban J connectivity index is 1.62. The lowest BCUT2D eigenvalue weighted by Gasteiger charge is -2.31. The van der Waals surface area contributed by atoms with E-state index in [4.69, 9.17) is 9.47 Å². The number of benzene rings is 2. The van der Waals surface area contributed by atoms with Crippen molar-refractivity contribution in [2.75, 3.05) is 25.5 Å². The van der Waals surface area contributed by atoms with E-state index in [9.17, 15) is 22.4 Å². The first-order valence-electron chi connectivity index (χ1n) is 10.7. The highest BCUT2D eigenvalue weighted by Gasteiger charge is 2.28. The third-order valence-electron chi connectivity index (χ3n) is 5.62. The number of methoxy groups -OCH3 is 1. The van der Waals surface area contributed by atoms with Gasteiger partial charge in [0.1, 0.15) is 18.0 Å². The smallest absolute Gasteiger partial charge is 0.415 e. The molecular weight excluding hydrogens is 472 g/mol. The molecule has 1 N–H and O–H groups in total. The zero-order valence-corrected chi connectivity index (χ0v) is 18.9. The molecule has 1 aliphatic rings. The highest BCUT2D eigenvalue weighted by molar-refractivity contribution is 5.93. The van der Waals surface area contributed by atoms with Gasteiger partial charge in [-0.1, -0.05) is 0 Å². The summed E-state index contributed by atoms with van der Waals surface area (Å²) in [4.78, 5) is 22.3. The number of carbonyl (C=O) groups excluding carboxylic acids is 1. The van der Waals surface area contributed by atoms with Crippen LogP contribution < -0.4 is 14.8 Å². The zero-order valence-electron chi connectivity index (χ0n) is 18.9. The summed E-state index contributed by atoms with van der Waals surface area (Å²) in [5.74, 6) is -1.06. The summed E-state index contributed by atoms with van der Waals surface area (Å²) in [5, 5.41) is 3.19. The van der Waals surface area contributed by atoms with Crippen LogP contribution >= 0.6 is 0 Å². The summed E-state index contributed by atoms with van der Waals surface area (Å²) in [6, 6.07) is 5.32. The molecule has 0 radical (unpaired) electrons. The Bertz CT molecular complexity index is 1240. The fourth-order valence-corrected chi connectivity index (χ4v) is 3.81. The minimum Gasteiger partial charge on any atom is -0.493 e. The van der Waals surface area contributed by atoms with Crippen molar-refractivity contribution in [3.63, 3.8) is 0 Å². The molecule has 1 fully saturated rings. The summed E-state index contributed by atoms with van der Waals surface area (Å²) in [7, 11) is 1.38. The third-order valence-corrected chi connectivity index (χ3v) is 5.62. The molecule has 0 spiro atoms. The minimum absolute atomic E-state index is 0.00310. The maximum absolute atomic E-state index is 14.5. The molecule has 0 unspecified atom stereocenters. The second-order valence-electron chi connectivity index (χ2n) is 7.88. The van der Waals surface area contributed by atoms with Crippen molar-refractivity contribution < 1.29 is 36.6 Å². The van der Waals surface area contributed by atoms with Crippen LogP contribution in [0, 0.1) is 18.6 Å². The number of alkyl halides is 2. The fourth-order valence-electron chi connectivity index (χ4n) is 3.81. The van der Waals surface area contributed by atoms with Crippen LogP contribution in [0.1, 0.15) is 18.4 Å². The number of piperidine rings is 1. The normalized spacial score (nSPS) is 16.0. The van der Waals surface area contributed by atoms with Crippen LogP contribution in [0.15, 0.2) is 30.6 Å². The summed E-state index contributed by atoms with van der Waals surface area (Å²) < 4.78 is 68.7. The monoisotopic (exact) mass is 494 g/mol. The summed E-state index contributed by atoms with van der Waals surface area (Å²) in [5.41, 5.74) is 0.249. The van der Waals surface area contributed by atoms with Gasteiger partial charge in [-0.2, -0.15) is 8.78 Å². The number of carbonyl (C=O) groups is 1. The Morgan fingerprint density at radius 3 is 2.74 bits per heavy atom. The van der Waals surface area contributed by atoms with Crippen molar-refractivity contribution in [3.8, 4) is 11.5 Å². The maximum Gasteiger partial charge on any atom is 0.415 e. The van der Waals surface area contributed by atoms with E-state index in [-0.39, 0.29) is 35.1 Å². The Morgan fingerprint density at radius 2 is 2.00 bits per heavy atom. The van der Waals surface area contributed by atoms with E-state index in [0.29, 0.717) is 30.3 Å². The van der Waals surface area contributed by atoms with Crippen molar-refractivity contribution in [1.82, 2.24) is 14.9 Å². The number of nitrogens with one attached hydrogen (secondary N) is 1. The van der Waals surface area contributed by atoms with Crippen molar-refractivity contribution in [2.45, 2.75) is 32.5 Å². The van der Waals surface area contributed by atoms with Gasteiger partial charge in [0.05, 0.1) is 31.0 Å². The number of hydrogen-bond acceptors (Lipinski definition) is 7. The van der Waals surface area contributed by atoms with E-state index in [0.717, 1.165) is 6.07 Å². The fraction of sp³-hybridized carbons (Fsp3) is 0.348. The van der Waals surface area contributed by atoms with Gasteiger partial charge in [-0.05, 0) is 38.0 Å². The molecule has 0 bridgehead atoms. The predicted molar refractivity (Wildman–Crippen MR) is 118 cm³/mol. The van der Waals surface area contributed by atoms with Gasteiger partial charge in [-0.3, -0.25) is 0 Å². The van der Waals surface area contributed by atoms with Gasteiger partial charge >= 0.3 is 12.7 Å². The second-order valence-corrected chi connectivity index (χ2v) is 7.88. The summed E-state index contributed by atoms with van der Waals surface area (Å²) >= 11 is 0. The number of likely N-dealkylation sites (tertiary alicyclic amines) is 1. The van der Waals surface area contributed by atoms with Gasteiger partial charge in [0.25, 0.3) is 0 Å². The first kappa shape index (κ1) is 24.5. The van der Waals surface area contributed by atoms with E-state index in [2.05, 4.69) is 20.0 Å². The van der Waals surface area contributed by atoms with Crippen LogP contribution in [-0.2, 0) is 4.74 Å². The van der Waals surface area contributed by atoms with Crippen molar-refractivity contribution in [2.24, 2.45) is 0 Å². The molecule has 186 valence electrons. The maximum atomic E-state index is 14.5. The average Bonchev–Trinajstić information content (AvgIpc) is 2.84. The lowest BCUT2D eigenvalue weighted by atomic mass is 10.1. The first-order valence-corrected chi connectivity index (χ1v) is 10.7. The number of nitrogens with zero attached hydrogens (tertiary/aromatic N) is 3. The summed E-state index contributed by atoms with van der Waals surface area (Å²) in [6.07, 6.45) is 0.566. The Labute approximate surface area is 197 Å². The largest absolute Gasteiger partial charge is 0.493 e. The Hall–Kier alpha value is -3.67. The molecule has 1 aliphatic heterocycles. The highest BCUT2D eigenvalue weighted by atomic mass is 19.3. The van der Waals surface area contributed by atoms with E-state index < -0.39 is 30.4 Å². The van der Waals surface area contributed by atoms with Crippen molar-refractivity contribution in [1.29, 1.82) is 0 Å². The highest BCUT2D eigenvalue weighted by Crippen LogP contribution is 2.36. The molecule has 0 saturated carbocycles. The van der Waals surface area contributed by atoms with Gasteiger partial charge in [-0.15, -0.1) is 0 Å². The molecule has 1 saturated heterocycles. The van der Waals surface area contributed by atoms with E-state index in [1.54, 1.807) is 0 Å². The van der Waals surface area contributed by atoms with E-state index in [1.807, 2.05) is 0 Å². The van der Waals surface area contributed by atoms with Gasteiger partial charge in [-0.25, -0.2) is 23.5 Å². The van der Waals surface area contributed by atoms with Gasteiger partial charge in [0.15, 0.2) is 17.3 Å². The molecule has 2 aromatic carbocycles. The molecule has 3 aromatic rings. The van der Waals surface area contributed by atoms with Crippen LogP contribution in [0.4, 0.5) is 33.9 Å². The van der Waals surface area contributed by atoms with Gasteiger partial charge < -0.3 is 24.4 Å². The van der Waals surface area contributed by atoms with Gasteiger partial charge in [0.2, 0.25) is 0 Å². The average molecular weight is 494 g/mol. The van der Waals surface area contributed by atoms with E-state index >= 15 is 0 Å². The number of ether oxygens (including phenoxy) is 3. The van der Waals surface area contributed by atoms with Gasteiger partial charge in [0, 0.05) is 23.6 Å². The third kappa shape index (κ3) is 5.37. The zero-order chi connectivity index (χ0) is 25.1. The number of rotatable bonds is 6. The SMILES string of the molecule is COc1cc2ncnc(Nc3ccc(F)c(C)c3F)c2cc1OC(=O)N1CCC[C@H](OC(F)F)C1. The molecule has 1 amide bonds. The predicted octanol–water partition coefficient (Wildman–Crippen LogP) is 5.17. The van der Waals surface area contributed by atoms with Crippen molar-refractivity contribution >= 4 is 28.5 Å². The molecule has 1 atom stereocenters. The number of anilines is 2. The standard InChI is InChI=1S/C23H22F4N4O4/c1-12-15(24)5-6-16(20(12)25)30-21-14-8-19(18(33-2)9-17(14)28-11-29-21)35-23(32)31-7-3-4-13(10-31)34-22(26)27/h5-6,8-9,11,13,22H,3-4,7,10H2,1-2H3,(H,28,29,30)/t13-/m0/s1. The number of hydrogen-bond donors (Lipinski definition) is 1. The molecule has 1 aromatic heterocycles. The van der Waals surface area contributed by atoms with E-state index in [1.165, 1.54) is 43.5 Å². The Morgan fingerprint density at radius 1 is 1.20 bits per heavy atom. The lowest BCUT2D eigenvalue weighted by Crippen LogP contribution is -2.45. The molecule has 8 nitrogen and oxygen atoms in total. The first-order chi connectivity index (χ1) is 16.8. The molecular formula is C23H22F4N4O4. The van der Waals surface area contributed by atoms with Crippen LogP contribution in [0.2, 0.25) is 0 Å². The Kier molecular flexibility index (Phi) is 7.20. The van der Waals surface area contributed by atoms with Crippen LogP contribution in [-0.4, -0.2) is 53.9 Å². The molecule has 2 heterocycles. The number of halogens is 4. The van der Waals surface area contributed by atoms with Crippen LogP contribution in [0.3, 0.4) is 0 Å². The number of aromatic nitrogens is 2. The molecule has 4 rings (SSSR count). The molecule has 0 aliphatic carbocycles. The molecule has 35 heavy (non-hydrogen) atoms. The molecule has 12 heteroatoms. The number of amides is 1. The topological polar surface area (TPSA) is 85.8 Å². The second kappa shape index (κ2) is 10.3. The van der Waals surface area contributed by atoms with Crippen molar-refractivity contribution in [3.05, 3.63) is 47.8 Å². The van der Waals surface area contributed by atoms with Crippen LogP contribution in [0.25, 0.3) is 10.9 Å². The number of fused-ring (bicyclic) bond motifs is 1. The lowest BCUT2D eigenvalue weighted by molar-refractivity contribution is -0.172. The quantitative estimate of drug-likeness (QED) is 0.473. The summed E-state index contributed by atoms with van der Waals surface area (Å²) in [6.45, 7) is -1.35.